The average Bonchev–Trinajstić information content (AvgIpc) is 2.32. The SMILES string of the molecule is COC(=O)CC[C@@H](NC(=O)C(C)(C)CN)C(=O)O. The Hall–Kier alpha value is -1.63. The Morgan fingerprint density at radius 3 is 2.33 bits per heavy atom. The Labute approximate surface area is 106 Å². The van der Waals surface area contributed by atoms with Gasteiger partial charge in [-0.1, -0.05) is 0 Å². The number of ether oxygens (including phenoxy) is 1. The van der Waals surface area contributed by atoms with Crippen molar-refractivity contribution in [2.75, 3.05) is 13.7 Å². The molecule has 0 aliphatic heterocycles. The standard InChI is InChI=1S/C11H20N2O5/c1-11(2,6-12)10(17)13-7(9(15)16)4-5-8(14)18-3/h7H,4-6,12H2,1-3H3,(H,13,17)(H,15,16)/t7-/m1/s1. The maximum atomic E-state index is 11.8. The Morgan fingerprint density at radius 1 is 1.39 bits per heavy atom. The molecular formula is C11H20N2O5. The summed E-state index contributed by atoms with van der Waals surface area (Å²) in [6.45, 7) is 3.32. The third-order valence-electron chi connectivity index (χ3n) is 2.59. The summed E-state index contributed by atoms with van der Waals surface area (Å²) in [5.74, 6) is -2.17. The maximum Gasteiger partial charge on any atom is 0.326 e. The lowest BCUT2D eigenvalue weighted by atomic mass is 9.92. The molecule has 0 heterocycles. The summed E-state index contributed by atoms with van der Waals surface area (Å²) in [6.07, 6.45) is -0.0921. The molecule has 104 valence electrons. The fraction of sp³-hybridized carbons (Fsp3) is 0.727. The lowest BCUT2D eigenvalue weighted by Gasteiger charge is -2.24. The minimum Gasteiger partial charge on any atom is -0.480 e. The van der Waals surface area contributed by atoms with Crippen LogP contribution >= 0.6 is 0 Å². The molecule has 0 radical (unpaired) electrons. The number of esters is 1. The number of rotatable bonds is 7. The van der Waals surface area contributed by atoms with Gasteiger partial charge in [-0.3, -0.25) is 9.59 Å². The van der Waals surface area contributed by atoms with Crippen LogP contribution in [0.5, 0.6) is 0 Å². The van der Waals surface area contributed by atoms with Crippen molar-refractivity contribution in [2.24, 2.45) is 11.1 Å². The van der Waals surface area contributed by atoms with Gasteiger partial charge >= 0.3 is 11.9 Å². The zero-order valence-electron chi connectivity index (χ0n) is 10.9. The molecule has 0 aromatic heterocycles. The van der Waals surface area contributed by atoms with E-state index in [9.17, 15) is 14.4 Å². The van der Waals surface area contributed by atoms with Gasteiger partial charge in [-0.2, -0.15) is 0 Å². The predicted octanol–water partition coefficient (Wildman–Crippen LogP) is -0.506. The zero-order chi connectivity index (χ0) is 14.3. The molecule has 1 amide bonds. The summed E-state index contributed by atoms with van der Waals surface area (Å²) in [5.41, 5.74) is 4.57. The number of amides is 1. The third-order valence-corrected chi connectivity index (χ3v) is 2.59. The second-order valence-corrected chi connectivity index (χ2v) is 4.57. The minimum absolute atomic E-state index is 0.0194. The topological polar surface area (TPSA) is 119 Å². The van der Waals surface area contributed by atoms with E-state index in [1.165, 1.54) is 7.11 Å². The van der Waals surface area contributed by atoms with Crippen LogP contribution in [-0.2, 0) is 19.1 Å². The monoisotopic (exact) mass is 260 g/mol. The quantitative estimate of drug-likeness (QED) is 0.531. The van der Waals surface area contributed by atoms with Gasteiger partial charge in [-0.15, -0.1) is 0 Å². The van der Waals surface area contributed by atoms with Gasteiger partial charge in [0, 0.05) is 13.0 Å². The molecular weight excluding hydrogens is 240 g/mol. The Kier molecular flexibility index (Phi) is 6.32. The van der Waals surface area contributed by atoms with Crippen molar-refractivity contribution >= 4 is 17.8 Å². The molecule has 0 rings (SSSR count). The number of carbonyl (C=O) groups is 3. The summed E-state index contributed by atoms with van der Waals surface area (Å²) >= 11 is 0. The molecule has 0 aromatic carbocycles. The Bertz CT molecular complexity index is 327. The third kappa shape index (κ3) is 5.13. The highest BCUT2D eigenvalue weighted by Crippen LogP contribution is 2.13. The normalized spacial score (nSPS) is 12.7. The van der Waals surface area contributed by atoms with E-state index in [2.05, 4.69) is 10.1 Å². The molecule has 0 aliphatic carbocycles. The first kappa shape index (κ1) is 16.4. The van der Waals surface area contributed by atoms with E-state index in [0.717, 1.165) is 0 Å². The second-order valence-electron chi connectivity index (χ2n) is 4.57. The molecule has 0 unspecified atom stereocenters. The molecule has 0 bridgehead atoms. The van der Waals surface area contributed by atoms with Crippen LogP contribution < -0.4 is 11.1 Å². The van der Waals surface area contributed by atoms with Crippen molar-refractivity contribution in [1.29, 1.82) is 0 Å². The van der Waals surface area contributed by atoms with E-state index in [-0.39, 0.29) is 19.4 Å². The van der Waals surface area contributed by atoms with Crippen LogP contribution in [0.1, 0.15) is 26.7 Å². The molecule has 7 heteroatoms. The molecule has 4 N–H and O–H groups in total. The molecule has 1 atom stereocenters. The van der Waals surface area contributed by atoms with E-state index in [4.69, 9.17) is 10.8 Å². The van der Waals surface area contributed by atoms with E-state index >= 15 is 0 Å². The van der Waals surface area contributed by atoms with Crippen LogP contribution in [0.25, 0.3) is 0 Å². The molecule has 0 spiro atoms. The highest BCUT2D eigenvalue weighted by atomic mass is 16.5. The number of nitrogens with one attached hydrogen (secondary N) is 1. The summed E-state index contributed by atoms with van der Waals surface area (Å²) in [6, 6.07) is -1.12. The van der Waals surface area contributed by atoms with Crippen molar-refractivity contribution in [1.82, 2.24) is 5.32 Å². The fourth-order valence-corrected chi connectivity index (χ4v) is 1.07. The number of hydrogen-bond donors (Lipinski definition) is 3. The van der Waals surface area contributed by atoms with Gasteiger partial charge in [-0.25, -0.2) is 4.79 Å². The Morgan fingerprint density at radius 2 is 1.94 bits per heavy atom. The lowest BCUT2D eigenvalue weighted by molar-refractivity contribution is -0.145. The number of methoxy groups -OCH3 is 1. The van der Waals surface area contributed by atoms with Crippen LogP contribution in [-0.4, -0.2) is 42.6 Å². The van der Waals surface area contributed by atoms with Gasteiger partial charge in [0.25, 0.3) is 0 Å². The predicted molar refractivity (Wildman–Crippen MR) is 63.7 cm³/mol. The number of carbonyl (C=O) groups excluding carboxylic acids is 2. The first-order chi connectivity index (χ1) is 8.24. The number of carboxylic acid groups (broad SMARTS) is 1. The van der Waals surface area contributed by atoms with Gasteiger partial charge in [0.2, 0.25) is 5.91 Å². The largest absolute Gasteiger partial charge is 0.480 e. The second kappa shape index (κ2) is 6.95. The van der Waals surface area contributed by atoms with E-state index in [0.29, 0.717) is 0 Å². The highest BCUT2D eigenvalue weighted by molar-refractivity contribution is 5.87. The van der Waals surface area contributed by atoms with Gasteiger partial charge in [0.1, 0.15) is 6.04 Å². The van der Waals surface area contributed by atoms with Gasteiger partial charge in [0.05, 0.1) is 12.5 Å². The van der Waals surface area contributed by atoms with Crippen molar-refractivity contribution in [3.63, 3.8) is 0 Å². The lowest BCUT2D eigenvalue weighted by Crippen LogP contribution is -2.49. The van der Waals surface area contributed by atoms with Crippen LogP contribution in [0.3, 0.4) is 0 Å². The molecule has 0 aromatic rings. The first-order valence-electron chi connectivity index (χ1n) is 5.55. The van der Waals surface area contributed by atoms with Gasteiger partial charge in [0.15, 0.2) is 0 Å². The summed E-state index contributed by atoms with van der Waals surface area (Å²) in [5, 5.41) is 11.3. The Balaban J connectivity index is 4.50. The van der Waals surface area contributed by atoms with Gasteiger partial charge < -0.3 is 20.9 Å². The molecule has 0 saturated heterocycles. The number of aliphatic carboxylic acids is 1. The van der Waals surface area contributed by atoms with Crippen molar-refractivity contribution < 1.29 is 24.2 Å². The minimum atomic E-state index is -1.19. The van der Waals surface area contributed by atoms with Crippen molar-refractivity contribution in [2.45, 2.75) is 32.7 Å². The van der Waals surface area contributed by atoms with E-state index < -0.39 is 29.3 Å². The van der Waals surface area contributed by atoms with Crippen molar-refractivity contribution in [3.8, 4) is 0 Å². The number of nitrogens with two attached hydrogens (primary N) is 1. The van der Waals surface area contributed by atoms with Gasteiger partial charge in [-0.05, 0) is 20.3 Å². The number of carboxylic acids is 1. The molecule has 0 fully saturated rings. The molecule has 7 nitrogen and oxygen atoms in total. The first-order valence-corrected chi connectivity index (χ1v) is 5.55. The smallest absolute Gasteiger partial charge is 0.326 e. The molecule has 0 saturated carbocycles. The number of hydrogen-bond acceptors (Lipinski definition) is 5. The van der Waals surface area contributed by atoms with Crippen LogP contribution in [0, 0.1) is 5.41 Å². The van der Waals surface area contributed by atoms with Crippen molar-refractivity contribution in [3.05, 3.63) is 0 Å². The molecule has 18 heavy (non-hydrogen) atoms. The average molecular weight is 260 g/mol. The van der Waals surface area contributed by atoms with Crippen LogP contribution in [0.15, 0.2) is 0 Å². The summed E-state index contributed by atoms with van der Waals surface area (Å²) < 4.78 is 4.41. The highest BCUT2D eigenvalue weighted by Gasteiger charge is 2.30. The fourth-order valence-electron chi connectivity index (χ4n) is 1.07. The van der Waals surface area contributed by atoms with Crippen LogP contribution in [0.2, 0.25) is 0 Å². The van der Waals surface area contributed by atoms with E-state index in [1.54, 1.807) is 13.8 Å². The molecule has 0 aliphatic rings. The summed E-state index contributed by atoms with van der Waals surface area (Å²) in [7, 11) is 1.22. The zero-order valence-corrected chi connectivity index (χ0v) is 10.9. The summed E-state index contributed by atoms with van der Waals surface area (Å²) in [4.78, 5) is 33.6. The van der Waals surface area contributed by atoms with Crippen LogP contribution in [0.4, 0.5) is 0 Å². The maximum absolute atomic E-state index is 11.8. The van der Waals surface area contributed by atoms with E-state index in [1.807, 2.05) is 0 Å².